The second-order valence-corrected chi connectivity index (χ2v) is 7.78. The van der Waals surface area contributed by atoms with Gasteiger partial charge in [-0.25, -0.2) is 13.2 Å². The van der Waals surface area contributed by atoms with E-state index >= 15 is 0 Å². The summed E-state index contributed by atoms with van der Waals surface area (Å²) in [6.45, 7) is 1.76. The summed E-state index contributed by atoms with van der Waals surface area (Å²) in [4.78, 5) is 45.4. The lowest BCUT2D eigenvalue weighted by Crippen LogP contribution is -2.52. The number of nitrogens with two attached hydrogens (primary N) is 2. The number of aliphatic carboxylic acids is 1. The van der Waals surface area contributed by atoms with E-state index in [0.717, 1.165) is 5.56 Å². The number of carboxylic acids is 1. The Morgan fingerprint density at radius 2 is 1.61 bits per heavy atom. The number of carboxylic acid groups (broad SMARTS) is 1. The molecule has 0 fully saturated rings. The molecule has 0 saturated carbocycles. The first-order valence-electron chi connectivity index (χ1n) is 8.11. The Hall–Kier alpha value is -2.99. The van der Waals surface area contributed by atoms with Crippen LogP contribution in [0.1, 0.15) is 24.8 Å². The first kappa shape index (κ1) is 23.0. The molecule has 2 atom stereocenters. The Morgan fingerprint density at radius 3 is 2.07 bits per heavy atom. The maximum Gasteiger partial charge on any atom is 0.326 e. The summed E-state index contributed by atoms with van der Waals surface area (Å²) in [6, 6.07) is 2.63. The van der Waals surface area contributed by atoms with E-state index in [1.165, 1.54) is 12.1 Å². The number of rotatable bonds is 11. The van der Waals surface area contributed by atoms with Crippen molar-refractivity contribution in [3.63, 3.8) is 0 Å². The van der Waals surface area contributed by atoms with Crippen molar-refractivity contribution in [3.8, 4) is 0 Å². The minimum absolute atomic E-state index is 0.123. The molecular formula is C16H22N4O7S. The smallest absolute Gasteiger partial charge is 0.326 e. The third-order valence-corrected chi connectivity index (χ3v) is 5.13. The van der Waals surface area contributed by atoms with Crippen LogP contribution < -0.4 is 21.5 Å². The van der Waals surface area contributed by atoms with E-state index < -0.39 is 52.2 Å². The van der Waals surface area contributed by atoms with Crippen molar-refractivity contribution >= 4 is 33.7 Å². The molecule has 12 heteroatoms. The van der Waals surface area contributed by atoms with E-state index in [0.29, 0.717) is 0 Å². The topological polar surface area (TPSA) is 199 Å². The zero-order valence-corrected chi connectivity index (χ0v) is 15.9. The molecule has 0 saturated heterocycles. The maximum atomic E-state index is 12.5. The molecule has 1 rings (SSSR count). The lowest BCUT2D eigenvalue weighted by Gasteiger charge is -2.20. The number of hydrogen-bond acceptors (Lipinski definition) is 6. The molecule has 0 bridgehead atoms. The molecule has 0 radical (unpaired) electrons. The van der Waals surface area contributed by atoms with Gasteiger partial charge in [-0.05, 0) is 25.5 Å². The third-order valence-electron chi connectivity index (χ3n) is 3.64. The molecule has 3 amide bonds. The van der Waals surface area contributed by atoms with Crippen molar-refractivity contribution in [1.82, 2.24) is 10.0 Å². The number of primary amides is 2. The van der Waals surface area contributed by atoms with Gasteiger partial charge in [0.1, 0.15) is 12.1 Å². The van der Waals surface area contributed by atoms with Gasteiger partial charge in [0.15, 0.2) is 0 Å². The average Bonchev–Trinajstić information content (AvgIpc) is 2.57. The lowest BCUT2D eigenvalue weighted by atomic mass is 10.1. The second kappa shape index (κ2) is 9.80. The summed E-state index contributed by atoms with van der Waals surface area (Å²) < 4.78 is 27.1. The van der Waals surface area contributed by atoms with Crippen molar-refractivity contribution in [2.24, 2.45) is 11.5 Å². The molecule has 7 N–H and O–H groups in total. The SMILES string of the molecule is Cc1ccc(S(=O)(=O)N[C@@H](CCC(N)=O)C(=O)N[C@@H](CC(N)=O)C(=O)O)cc1. The van der Waals surface area contributed by atoms with E-state index in [4.69, 9.17) is 16.6 Å². The fraction of sp³-hybridized carbons (Fsp3) is 0.375. The van der Waals surface area contributed by atoms with Gasteiger partial charge in [-0.3, -0.25) is 14.4 Å². The lowest BCUT2D eigenvalue weighted by molar-refractivity contribution is -0.143. The summed E-state index contributed by atoms with van der Waals surface area (Å²) in [5.74, 6) is -4.31. The number of sulfonamides is 1. The first-order chi connectivity index (χ1) is 12.9. The van der Waals surface area contributed by atoms with Crippen molar-refractivity contribution in [1.29, 1.82) is 0 Å². The van der Waals surface area contributed by atoms with E-state index in [2.05, 4.69) is 4.72 Å². The predicted molar refractivity (Wildman–Crippen MR) is 97.1 cm³/mol. The molecule has 0 aliphatic carbocycles. The van der Waals surface area contributed by atoms with Crippen LogP contribution in [-0.2, 0) is 29.2 Å². The van der Waals surface area contributed by atoms with Gasteiger partial charge >= 0.3 is 5.97 Å². The maximum absolute atomic E-state index is 12.5. The first-order valence-corrected chi connectivity index (χ1v) is 9.59. The number of nitrogens with one attached hydrogen (secondary N) is 2. The quantitative estimate of drug-likeness (QED) is 0.285. The van der Waals surface area contributed by atoms with Crippen molar-refractivity contribution in [2.45, 2.75) is 43.2 Å². The number of benzene rings is 1. The van der Waals surface area contributed by atoms with Crippen molar-refractivity contribution in [3.05, 3.63) is 29.8 Å². The van der Waals surface area contributed by atoms with E-state index in [1.807, 2.05) is 5.32 Å². The van der Waals surface area contributed by atoms with Crippen LogP contribution in [0, 0.1) is 6.92 Å². The summed E-state index contributed by atoms with van der Waals surface area (Å²) >= 11 is 0. The summed E-state index contributed by atoms with van der Waals surface area (Å²) in [6.07, 6.45) is -1.33. The van der Waals surface area contributed by atoms with Crippen LogP contribution in [0.5, 0.6) is 0 Å². The predicted octanol–water partition coefficient (Wildman–Crippen LogP) is -1.65. The number of carbonyl (C=O) groups excluding carboxylic acids is 3. The largest absolute Gasteiger partial charge is 0.480 e. The third kappa shape index (κ3) is 7.32. The molecule has 0 aliphatic heterocycles. The zero-order chi connectivity index (χ0) is 21.5. The Labute approximate surface area is 161 Å². The number of amides is 3. The van der Waals surface area contributed by atoms with Crippen LogP contribution >= 0.6 is 0 Å². The fourth-order valence-electron chi connectivity index (χ4n) is 2.18. The van der Waals surface area contributed by atoms with E-state index in [9.17, 15) is 27.6 Å². The Kier molecular flexibility index (Phi) is 8.07. The van der Waals surface area contributed by atoms with Crippen LogP contribution in [0.3, 0.4) is 0 Å². The van der Waals surface area contributed by atoms with Gasteiger partial charge in [0.2, 0.25) is 27.7 Å². The number of aryl methyl sites for hydroxylation is 1. The average molecular weight is 414 g/mol. The second-order valence-electron chi connectivity index (χ2n) is 6.06. The molecule has 0 heterocycles. The molecule has 0 aliphatic rings. The Bertz CT molecular complexity index is 852. The van der Waals surface area contributed by atoms with Gasteiger partial charge in [0, 0.05) is 6.42 Å². The number of hydrogen-bond donors (Lipinski definition) is 5. The minimum atomic E-state index is -4.15. The van der Waals surface area contributed by atoms with Crippen molar-refractivity contribution in [2.75, 3.05) is 0 Å². The van der Waals surface area contributed by atoms with Crippen LogP contribution in [-0.4, -0.2) is 49.3 Å². The van der Waals surface area contributed by atoms with Crippen LogP contribution in [0.2, 0.25) is 0 Å². The highest BCUT2D eigenvalue weighted by atomic mass is 32.2. The molecular weight excluding hydrogens is 392 g/mol. The molecule has 1 aromatic carbocycles. The normalized spacial score (nSPS) is 13.3. The molecule has 1 aromatic rings. The van der Waals surface area contributed by atoms with Gasteiger partial charge in [0.05, 0.1) is 11.3 Å². The molecule has 0 unspecified atom stereocenters. The van der Waals surface area contributed by atoms with Gasteiger partial charge in [-0.2, -0.15) is 4.72 Å². The Morgan fingerprint density at radius 1 is 1.04 bits per heavy atom. The van der Waals surface area contributed by atoms with Gasteiger partial charge in [0.25, 0.3) is 0 Å². The van der Waals surface area contributed by atoms with Crippen LogP contribution in [0.15, 0.2) is 29.2 Å². The van der Waals surface area contributed by atoms with E-state index in [1.54, 1.807) is 19.1 Å². The molecule has 0 spiro atoms. The zero-order valence-electron chi connectivity index (χ0n) is 15.0. The highest BCUT2D eigenvalue weighted by molar-refractivity contribution is 7.89. The number of carbonyl (C=O) groups is 4. The molecule has 11 nitrogen and oxygen atoms in total. The summed E-state index contributed by atoms with van der Waals surface area (Å²) in [5.41, 5.74) is 10.8. The summed E-state index contributed by atoms with van der Waals surface area (Å²) in [7, 11) is -4.15. The van der Waals surface area contributed by atoms with Crippen LogP contribution in [0.4, 0.5) is 0 Å². The van der Waals surface area contributed by atoms with Crippen molar-refractivity contribution < 1.29 is 32.7 Å². The van der Waals surface area contributed by atoms with Gasteiger partial charge < -0.3 is 21.9 Å². The minimum Gasteiger partial charge on any atom is -0.480 e. The van der Waals surface area contributed by atoms with Gasteiger partial charge in [-0.15, -0.1) is 0 Å². The molecule has 28 heavy (non-hydrogen) atoms. The fourth-order valence-corrected chi connectivity index (χ4v) is 3.41. The standard InChI is InChI=1S/C16H22N4O7S/c1-9-2-4-10(5-3-9)28(26,27)20-11(6-7-13(17)21)15(23)19-12(16(24)25)8-14(18)22/h2-5,11-12,20H,6-8H2,1H3,(H2,17,21)(H2,18,22)(H,19,23)(H,24,25)/t11-,12-/m0/s1. The monoisotopic (exact) mass is 414 g/mol. The molecule has 0 aromatic heterocycles. The van der Waals surface area contributed by atoms with Gasteiger partial charge in [-0.1, -0.05) is 17.7 Å². The highest BCUT2D eigenvalue weighted by Gasteiger charge is 2.30. The van der Waals surface area contributed by atoms with Crippen LogP contribution in [0.25, 0.3) is 0 Å². The van der Waals surface area contributed by atoms with E-state index in [-0.39, 0.29) is 17.7 Å². The Balaban J connectivity index is 3.05. The summed E-state index contributed by atoms with van der Waals surface area (Å²) in [5, 5.41) is 11.1. The molecule has 154 valence electrons. The highest BCUT2D eigenvalue weighted by Crippen LogP contribution is 2.12.